The van der Waals surface area contributed by atoms with Gasteiger partial charge in [0.15, 0.2) is 11.0 Å². The lowest BCUT2D eigenvalue weighted by atomic mass is 10.1. The maximum absolute atomic E-state index is 13.3. The van der Waals surface area contributed by atoms with Gasteiger partial charge in [-0.1, -0.05) is 23.4 Å². The van der Waals surface area contributed by atoms with Gasteiger partial charge < -0.3 is 14.6 Å². The average Bonchev–Trinajstić information content (AvgIpc) is 3.16. The highest BCUT2D eigenvalue weighted by Crippen LogP contribution is 2.37. The van der Waals surface area contributed by atoms with Gasteiger partial charge in [-0.15, -0.1) is 10.2 Å². The number of methoxy groups -OCH3 is 1. The molecule has 32 heavy (non-hydrogen) atoms. The molecular formula is C21H20ClF3N4O2S. The first-order valence-electron chi connectivity index (χ1n) is 9.56. The van der Waals surface area contributed by atoms with E-state index < -0.39 is 22.9 Å². The number of alkyl halides is 3. The summed E-state index contributed by atoms with van der Waals surface area (Å²) in [7, 11) is 1.58. The molecule has 1 unspecified atom stereocenters. The Labute approximate surface area is 192 Å². The van der Waals surface area contributed by atoms with E-state index in [0.717, 1.165) is 29.5 Å². The van der Waals surface area contributed by atoms with Crippen molar-refractivity contribution < 1.29 is 22.7 Å². The second-order valence-electron chi connectivity index (χ2n) is 6.72. The number of anilines is 1. The Morgan fingerprint density at radius 2 is 1.91 bits per heavy atom. The zero-order chi connectivity index (χ0) is 23.5. The number of aromatic nitrogens is 3. The smallest absolute Gasteiger partial charge is 0.418 e. The van der Waals surface area contributed by atoms with Crippen LogP contribution in [0.5, 0.6) is 5.75 Å². The quantitative estimate of drug-likeness (QED) is 0.431. The molecule has 0 aliphatic rings. The number of ether oxygens (including phenoxy) is 1. The fourth-order valence-corrected chi connectivity index (χ4v) is 4.01. The summed E-state index contributed by atoms with van der Waals surface area (Å²) in [5, 5.41) is 10.4. The number of hydrogen-bond donors (Lipinski definition) is 1. The van der Waals surface area contributed by atoms with Gasteiger partial charge in [-0.3, -0.25) is 4.79 Å². The monoisotopic (exact) mass is 484 g/mol. The molecule has 1 atom stereocenters. The maximum Gasteiger partial charge on any atom is 0.418 e. The summed E-state index contributed by atoms with van der Waals surface area (Å²) in [6, 6.07) is 10.5. The van der Waals surface area contributed by atoms with Crippen molar-refractivity contribution in [3.05, 3.63) is 53.1 Å². The van der Waals surface area contributed by atoms with Crippen LogP contribution in [-0.4, -0.2) is 33.0 Å². The van der Waals surface area contributed by atoms with Crippen LogP contribution in [0.25, 0.3) is 11.4 Å². The summed E-state index contributed by atoms with van der Waals surface area (Å²) in [4.78, 5) is 12.6. The normalized spacial score (nSPS) is 12.5. The van der Waals surface area contributed by atoms with E-state index in [1.165, 1.54) is 6.07 Å². The van der Waals surface area contributed by atoms with Gasteiger partial charge in [-0.05, 0) is 56.3 Å². The van der Waals surface area contributed by atoms with Crippen LogP contribution in [0.2, 0.25) is 5.02 Å². The van der Waals surface area contributed by atoms with E-state index in [0.29, 0.717) is 23.3 Å². The molecule has 1 amide bonds. The van der Waals surface area contributed by atoms with Gasteiger partial charge in [0.05, 0.1) is 23.6 Å². The first-order chi connectivity index (χ1) is 15.1. The fourth-order valence-electron chi connectivity index (χ4n) is 2.92. The fraction of sp³-hybridized carbons (Fsp3) is 0.286. The third kappa shape index (κ3) is 5.36. The van der Waals surface area contributed by atoms with Crippen molar-refractivity contribution in [3.8, 4) is 17.1 Å². The second-order valence-corrected chi connectivity index (χ2v) is 8.46. The lowest BCUT2D eigenvalue weighted by Gasteiger charge is -2.16. The first-order valence-corrected chi connectivity index (χ1v) is 10.8. The lowest BCUT2D eigenvalue weighted by molar-refractivity contribution is -0.137. The van der Waals surface area contributed by atoms with Crippen LogP contribution in [-0.2, 0) is 17.5 Å². The topological polar surface area (TPSA) is 69.0 Å². The van der Waals surface area contributed by atoms with Gasteiger partial charge in [0.2, 0.25) is 5.91 Å². The van der Waals surface area contributed by atoms with E-state index in [1.54, 1.807) is 26.2 Å². The number of nitrogens with one attached hydrogen (secondary N) is 1. The van der Waals surface area contributed by atoms with E-state index in [4.69, 9.17) is 16.3 Å². The molecule has 1 N–H and O–H groups in total. The number of carbonyl (C=O) groups is 1. The molecule has 2 aromatic carbocycles. The highest BCUT2D eigenvalue weighted by Gasteiger charge is 2.34. The van der Waals surface area contributed by atoms with Crippen LogP contribution in [0.15, 0.2) is 47.6 Å². The zero-order valence-corrected chi connectivity index (χ0v) is 19.0. The molecule has 0 aliphatic heterocycles. The predicted molar refractivity (Wildman–Crippen MR) is 118 cm³/mol. The van der Waals surface area contributed by atoms with Crippen molar-refractivity contribution in [2.24, 2.45) is 0 Å². The molecule has 1 aromatic heterocycles. The number of nitrogens with zero attached hydrogens (tertiary/aromatic N) is 3. The Kier molecular flexibility index (Phi) is 7.35. The Hall–Kier alpha value is -2.72. The highest BCUT2D eigenvalue weighted by molar-refractivity contribution is 8.00. The number of hydrogen-bond acceptors (Lipinski definition) is 5. The van der Waals surface area contributed by atoms with Gasteiger partial charge in [-0.25, -0.2) is 0 Å². The molecule has 1 heterocycles. The summed E-state index contributed by atoms with van der Waals surface area (Å²) in [6.45, 7) is 4.04. The highest BCUT2D eigenvalue weighted by atomic mass is 35.5. The SMILES string of the molecule is CCn1c(SC(C)C(=O)Nc2ccc(Cl)cc2C(F)(F)F)nnc1-c1ccc(OC)cc1. The van der Waals surface area contributed by atoms with E-state index in [9.17, 15) is 18.0 Å². The number of benzene rings is 2. The minimum absolute atomic E-state index is 0.0696. The average molecular weight is 485 g/mol. The molecule has 3 rings (SSSR count). The third-order valence-electron chi connectivity index (χ3n) is 4.58. The summed E-state index contributed by atoms with van der Waals surface area (Å²) in [5.74, 6) is 0.721. The van der Waals surface area contributed by atoms with Crippen LogP contribution in [0, 0.1) is 0 Å². The molecular weight excluding hydrogens is 465 g/mol. The van der Waals surface area contributed by atoms with E-state index in [1.807, 2.05) is 23.6 Å². The standard InChI is InChI=1S/C21H20ClF3N4O2S/c1-4-29-18(13-5-8-15(31-3)9-6-13)27-28-20(29)32-12(2)19(30)26-17-10-7-14(22)11-16(17)21(23,24)25/h5-12H,4H2,1-3H3,(H,26,30). The number of carbonyl (C=O) groups excluding carboxylic acids is 1. The summed E-state index contributed by atoms with van der Waals surface area (Å²) >= 11 is 6.80. The zero-order valence-electron chi connectivity index (χ0n) is 17.4. The lowest BCUT2D eigenvalue weighted by Crippen LogP contribution is -2.24. The van der Waals surface area contributed by atoms with Gasteiger partial charge >= 0.3 is 6.18 Å². The predicted octanol–water partition coefficient (Wildman–Crippen LogP) is 5.77. The molecule has 0 saturated heterocycles. The molecule has 0 aliphatic carbocycles. The van der Waals surface area contributed by atoms with Crippen molar-refractivity contribution >= 4 is 35.0 Å². The van der Waals surface area contributed by atoms with E-state index in [-0.39, 0.29) is 10.7 Å². The van der Waals surface area contributed by atoms with Crippen molar-refractivity contribution in [2.75, 3.05) is 12.4 Å². The molecule has 170 valence electrons. The van der Waals surface area contributed by atoms with Crippen molar-refractivity contribution in [1.82, 2.24) is 14.8 Å². The van der Waals surface area contributed by atoms with Crippen molar-refractivity contribution in [2.45, 2.75) is 37.0 Å². The van der Waals surface area contributed by atoms with E-state index in [2.05, 4.69) is 15.5 Å². The van der Waals surface area contributed by atoms with Gasteiger partial charge in [0.25, 0.3) is 0 Å². The first kappa shape index (κ1) is 23.9. The summed E-state index contributed by atoms with van der Waals surface area (Å²) in [6.07, 6.45) is -4.65. The molecule has 0 spiro atoms. The van der Waals surface area contributed by atoms with Gasteiger partial charge in [0.1, 0.15) is 5.75 Å². The summed E-state index contributed by atoms with van der Waals surface area (Å²) in [5.41, 5.74) is -0.538. The van der Waals surface area contributed by atoms with Crippen LogP contribution in [0.1, 0.15) is 19.4 Å². The molecule has 0 bridgehead atoms. The van der Waals surface area contributed by atoms with Gasteiger partial charge in [-0.2, -0.15) is 13.2 Å². The molecule has 3 aromatic rings. The van der Waals surface area contributed by atoms with Crippen LogP contribution in [0.4, 0.5) is 18.9 Å². The van der Waals surface area contributed by atoms with Crippen LogP contribution >= 0.6 is 23.4 Å². The minimum atomic E-state index is -4.65. The van der Waals surface area contributed by atoms with Crippen LogP contribution < -0.4 is 10.1 Å². The second kappa shape index (κ2) is 9.83. The maximum atomic E-state index is 13.3. The Morgan fingerprint density at radius 3 is 2.50 bits per heavy atom. The number of rotatable bonds is 7. The molecule has 6 nitrogen and oxygen atoms in total. The number of amides is 1. The van der Waals surface area contributed by atoms with Crippen molar-refractivity contribution in [3.63, 3.8) is 0 Å². The molecule has 11 heteroatoms. The largest absolute Gasteiger partial charge is 0.497 e. The van der Waals surface area contributed by atoms with E-state index >= 15 is 0 Å². The third-order valence-corrected chi connectivity index (χ3v) is 5.89. The minimum Gasteiger partial charge on any atom is -0.497 e. The number of halogens is 4. The number of thioether (sulfide) groups is 1. The molecule has 0 saturated carbocycles. The Bertz CT molecular complexity index is 1100. The molecule has 0 radical (unpaired) electrons. The Balaban J connectivity index is 1.78. The molecule has 0 fully saturated rings. The van der Waals surface area contributed by atoms with Crippen LogP contribution in [0.3, 0.4) is 0 Å². The van der Waals surface area contributed by atoms with Gasteiger partial charge in [0, 0.05) is 17.1 Å². The summed E-state index contributed by atoms with van der Waals surface area (Å²) < 4.78 is 46.9. The van der Waals surface area contributed by atoms with Crippen molar-refractivity contribution in [1.29, 1.82) is 0 Å². The Morgan fingerprint density at radius 1 is 1.22 bits per heavy atom.